The van der Waals surface area contributed by atoms with Crippen molar-refractivity contribution in [2.45, 2.75) is 62.5 Å². The fourth-order valence-corrected chi connectivity index (χ4v) is 6.63. The van der Waals surface area contributed by atoms with Gasteiger partial charge in [-0.25, -0.2) is 8.42 Å². The number of nitrogens with zero attached hydrogens (tertiary/aromatic N) is 1. The van der Waals surface area contributed by atoms with E-state index in [1.165, 1.54) is 11.1 Å². The van der Waals surface area contributed by atoms with Crippen LogP contribution in [0.1, 0.15) is 54.5 Å². The second kappa shape index (κ2) is 9.67. The Labute approximate surface area is 184 Å². The van der Waals surface area contributed by atoms with Crippen molar-refractivity contribution in [1.82, 2.24) is 10.3 Å². The second-order valence-corrected chi connectivity index (χ2v) is 11.1. The quantitative estimate of drug-likeness (QED) is 0.691. The highest BCUT2D eigenvalue weighted by Gasteiger charge is 2.27. The Morgan fingerprint density at radius 3 is 2.63 bits per heavy atom. The molecule has 0 amide bonds. The van der Waals surface area contributed by atoms with Crippen LogP contribution in [0.3, 0.4) is 0 Å². The molecule has 2 N–H and O–H groups in total. The van der Waals surface area contributed by atoms with Crippen LogP contribution in [0.2, 0.25) is 5.02 Å². The number of benzene rings is 1. The molecule has 2 aliphatic rings. The van der Waals surface area contributed by atoms with E-state index in [1.54, 1.807) is 6.20 Å². The molecule has 1 aromatic carbocycles. The maximum atomic E-state index is 12.7. The SMILES string of the molecule is O=S(=O)(Cc1ccc(CNc2c(Cl)ccc3c2CCNCC3)cn1)C1CCCCC1. The lowest BCUT2D eigenvalue weighted by molar-refractivity contribution is 0.483. The predicted molar refractivity (Wildman–Crippen MR) is 123 cm³/mol. The van der Waals surface area contributed by atoms with E-state index in [9.17, 15) is 8.42 Å². The highest BCUT2D eigenvalue weighted by Crippen LogP contribution is 2.31. The zero-order chi connectivity index (χ0) is 21.0. The minimum Gasteiger partial charge on any atom is -0.379 e. The molecule has 0 atom stereocenters. The molecule has 0 saturated heterocycles. The van der Waals surface area contributed by atoms with Crippen molar-refractivity contribution in [1.29, 1.82) is 0 Å². The number of pyridine rings is 1. The Kier molecular flexibility index (Phi) is 6.96. The summed E-state index contributed by atoms with van der Waals surface area (Å²) in [5, 5.41) is 7.46. The van der Waals surface area contributed by atoms with Gasteiger partial charge in [-0.05, 0) is 67.6 Å². The molecule has 0 spiro atoms. The third kappa shape index (κ3) is 5.16. The summed E-state index contributed by atoms with van der Waals surface area (Å²) in [5.74, 6) is 0.0381. The van der Waals surface area contributed by atoms with Gasteiger partial charge in [0.1, 0.15) is 0 Å². The van der Waals surface area contributed by atoms with Crippen LogP contribution in [0.5, 0.6) is 0 Å². The molecule has 1 aliphatic carbocycles. The molecule has 4 rings (SSSR count). The molecule has 30 heavy (non-hydrogen) atoms. The molecule has 1 aromatic heterocycles. The van der Waals surface area contributed by atoms with E-state index < -0.39 is 9.84 Å². The van der Waals surface area contributed by atoms with Crippen molar-refractivity contribution in [2.24, 2.45) is 0 Å². The van der Waals surface area contributed by atoms with Crippen molar-refractivity contribution in [3.05, 3.63) is 57.9 Å². The summed E-state index contributed by atoms with van der Waals surface area (Å²) >= 11 is 6.49. The van der Waals surface area contributed by atoms with E-state index in [2.05, 4.69) is 21.7 Å². The number of hydrogen-bond donors (Lipinski definition) is 2. The van der Waals surface area contributed by atoms with Crippen LogP contribution in [-0.2, 0) is 35.0 Å². The van der Waals surface area contributed by atoms with Gasteiger partial charge in [-0.3, -0.25) is 4.98 Å². The molecule has 1 aliphatic heterocycles. The number of rotatable bonds is 6. The van der Waals surface area contributed by atoms with Gasteiger partial charge in [-0.2, -0.15) is 0 Å². The fourth-order valence-electron chi connectivity index (χ4n) is 4.52. The van der Waals surface area contributed by atoms with Crippen LogP contribution in [0.4, 0.5) is 5.69 Å². The van der Waals surface area contributed by atoms with Gasteiger partial charge in [0.25, 0.3) is 0 Å². The zero-order valence-corrected chi connectivity index (χ0v) is 18.9. The average molecular weight is 448 g/mol. The van der Waals surface area contributed by atoms with Crippen molar-refractivity contribution in [3.63, 3.8) is 0 Å². The topological polar surface area (TPSA) is 71.1 Å². The van der Waals surface area contributed by atoms with Gasteiger partial charge in [-0.1, -0.05) is 43.0 Å². The smallest absolute Gasteiger partial charge is 0.158 e. The molecule has 2 aromatic rings. The summed E-state index contributed by atoms with van der Waals surface area (Å²) < 4.78 is 25.4. The maximum Gasteiger partial charge on any atom is 0.158 e. The second-order valence-electron chi connectivity index (χ2n) is 8.39. The number of nitrogens with one attached hydrogen (secondary N) is 2. The molecule has 0 unspecified atom stereocenters. The van der Waals surface area contributed by atoms with Crippen LogP contribution in [-0.4, -0.2) is 31.7 Å². The summed E-state index contributed by atoms with van der Waals surface area (Å²) in [7, 11) is -3.13. The Balaban J connectivity index is 1.41. The molecule has 162 valence electrons. The first kappa shape index (κ1) is 21.6. The minimum atomic E-state index is -3.13. The molecule has 2 heterocycles. The average Bonchev–Trinajstić information content (AvgIpc) is 3.00. The molecule has 5 nitrogen and oxygen atoms in total. The van der Waals surface area contributed by atoms with Gasteiger partial charge in [-0.15, -0.1) is 0 Å². The predicted octanol–water partition coefficient (Wildman–Crippen LogP) is 4.28. The summed E-state index contributed by atoms with van der Waals surface area (Å²) in [6, 6.07) is 7.89. The fraction of sp³-hybridized carbons (Fsp3) is 0.522. The lowest BCUT2D eigenvalue weighted by atomic mass is 10.0. The zero-order valence-electron chi connectivity index (χ0n) is 17.3. The molecule has 7 heteroatoms. The number of hydrogen-bond acceptors (Lipinski definition) is 5. The number of anilines is 1. The number of fused-ring (bicyclic) bond motifs is 1. The maximum absolute atomic E-state index is 12.7. The Morgan fingerprint density at radius 2 is 1.87 bits per heavy atom. The third-order valence-electron chi connectivity index (χ3n) is 6.25. The summed E-state index contributed by atoms with van der Waals surface area (Å²) in [5.41, 5.74) is 5.27. The van der Waals surface area contributed by atoms with Gasteiger partial charge in [0, 0.05) is 12.7 Å². The van der Waals surface area contributed by atoms with Gasteiger partial charge in [0.05, 0.1) is 27.4 Å². The summed E-state index contributed by atoms with van der Waals surface area (Å²) in [6.07, 6.45) is 8.51. The highest BCUT2D eigenvalue weighted by atomic mass is 35.5. The van der Waals surface area contributed by atoms with E-state index >= 15 is 0 Å². The van der Waals surface area contributed by atoms with E-state index in [0.29, 0.717) is 12.2 Å². The van der Waals surface area contributed by atoms with Crippen molar-refractivity contribution < 1.29 is 8.42 Å². The van der Waals surface area contributed by atoms with E-state index in [-0.39, 0.29) is 11.0 Å². The first-order chi connectivity index (χ1) is 14.5. The third-order valence-corrected chi connectivity index (χ3v) is 8.75. The van der Waals surface area contributed by atoms with Crippen LogP contribution < -0.4 is 10.6 Å². The number of aromatic nitrogens is 1. The van der Waals surface area contributed by atoms with Gasteiger partial charge < -0.3 is 10.6 Å². The number of halogens is 1. The lowest BCUT2D eigenvalue weighted by Crippen LogP contribution is -2.25. The summed E-state index contributed by atoms with van der Waals surface area (Å²) in [4.78, 5) is 4.43. The van der Waals surface area contributed by atoms with E-state index in [1.807, 2.05) is 18.2 Å². The molecule has 1 fully saturated rings. The molecular weight excluding hydrogens is 418 g/mol. The van der Waals surface area contributed by atoms with Crippen LogP contribution in [0.25, 0.3) is 0 Å². The first-order valence-electron chi connectivity index (χ1n) is 10.9. The molecule has 0 radical (unpaired) electrons. The van der Waals surface area contributed by atoms with Crippen LogP contribution in [0.15, 0.2) is 30.5 Å². The van der Waals surface area contributed by atoms with Crippen molar-refractivity contribution in [2.75, 3.05) is 18.4 Å². The van der Waals surface area contributed by atoms with Crippen LogP contribution in [0, 0.1) is 0 Å². The molecule has 0 bridgehead atoms. The van der Waals surface area contributed by atoms with Crippen LogP contribution >= 0.6 is 11.6 Å². The highest BCUT2D eigenvalue weighted by molar-refractivity contribution is 7.91. The Bertz CT molecular complexity index is 971. The first-order valence-corrected chi connectivity index (χ1v) is 13.0. The standard InChI is InChI=1S/C23H30ClN3O2S/c24-22-9-7-18-10-12-25-13-11-21(18)23(22)27-15-17-6-8-19(26-14-17)16-30(28,29)20-4-2-1-3-5-20/h6-9,14,20,25,27H,1-5,10-13,15-16H2. The van der Waals surface area contributed by atoms with Crippen molar-refractivity contribution in [3.8, 4) is 0 Å². The number of sulfone groups is 1. The van der Waals surface area contributed by atoms with E-state index in [0.717, 1.165) is 74.3 Å². The Hall–Kier alpha value is -1.63. The van der Waals surface area contributed by atoms with E-state index in [4.69, 9.17) is 11.6 Å². The largest absolute Gasteiger partial charge is 0.379 e. The van der Waals surface area contributed by atoms with Gasteiger partial charge >= 0.3 is 0 Å². The summed E-state index contributed by atoms with van der Waals surface area (Å²) in [6.45, 7) is 2.54. The lowest BCUT2D eigenvalue weighted by Gasteiger charge is -2.21. The van der Waals surface area contributed by atoms with Gasteiger partial charge in [0.15, 0.2) is 9.84 Å². The monoisotopic (exact) mass is 447 g/mol. The van der Waals surface area contributed by atoms with Gasteiger partial charge in [0.2, 0.25) is 0 Å². The molecular formula is C23H30ClN3O2S. The normalized spacial score (nSPS) is 17.9. The minimum absolute atomic E-state index is 0.0381. The Morgan fingerprint density at radius 1 is 1.07 bits per heavy atom. The molecule has 1 saturated carbocycles. The van der Waals surface area contributed by atoms with Crippen molar-refractivity contribution >= 4 is 27.1 Å².